The molecule has 0 bridgehead atoms. The molecule has 2 N–H and O–H groups in total. The van der Waals surface area contributed by atoms with Crippen molar-refractivity contribution in [2.24, 2.45) is 5.92 Å². The van der Waals surface area contributed by atoms with Crippen LogP contribution in [0.15, 0.2) is 18.2 Å². The number of carbonyl (C=O) groups excluding carboxylic acids is 1. The van der Waals surface area contributed by atoms with Crippen molar-refractivity contribution in [3.05, 3.63) is 29.6 Å². The fourth-order valence-corrected chi connectivity index (χ4v) is 2.63. The van der Waals surface area contributed by atoms with Crippen molar-refractivity contribution in [1.82, 2.24) is 0 Å². The number of carbonyl (C=O) groups is 1. The second-order valence-electron chi connectivity index (χ2n) is 5.14. The maximum atomic E-state index is 13.4. The Bertz CT molecular complexity index is 423. The number of anilines is 1. The number of hydrogen-bond donors (Lipinski definition) is 1. The van der Waals surface area contributed by atoms with Gasteiger partial charge in [0.15, 0.2) is 5.78 Å². The normalized spacial score (nSPS) is 18.1. The smallest absolute Gasteiger partial charge is 0.166 e. The van der Waals surface area contributed by atoms with E-state index in [0.29, 0.717) is 5.56 Å². The zero-order valence-electron chi connectivity index (χ0n) is 10.6. The van der Waals surface area contributed by atoms with Gasteiger partial charge in [0, 0.05) is 11.5 Å². The average Bonchev–Trinajstić information content (AvgIpc) is 2.31. The second-order valence-corrected chi connectivity index (χ2v) is 5.14. The maximum Gasteiger partial charge on any atom is 0.166 e. The number of nitrogen functional groups attached to an aromatic ring is 1. The molecule has 0 amide bonds. The third kappa shape index (κ3) is 3.09. The van der Waals surface area contributed by atoms with E-state index in [0.717, 1.165) is 25.7 Å². The molecule has 0 atom stereocenters. The minimum Gasteiger partial charge on any atom is -0.396 e. The first-order valence-corrected chi connectivity index (χ1v) is 6.77. The lowest BCUT2D eigenvalue weighted by molar-refractivity contribution is 0.0898. The SMILES string of the molecule is Nc1ccc(C(=O)C2CCCCCCC2)cc1F. The molecule has 0 spiro atoms. The summed E-state index contributed by atoms with van der Waals surface area (Å²) in [5, 5.41) is 0. The molecule has 1 aliphatic carbocycles. The van der Waals surface area contributed by atoms with E-state index >= 15 is 0 Å². The first kappa shape index (κ1) is 13.1. The summed E-state index contributed by atoms with van der Waals surface area (Å²) in [6.07, 6.45) is 7.77. The van der Waals surface area contributed by atoms with Crippen molar-refractivity contribution in [2.75, 3.05) is 5.73 Å². The van der Waals surface area contributed by atoms with E-state index in [2.05, 4.69) is 0 Å². The molecule has 1 aliphatic rings. The topological polar surface area (TPSA) is 43.1 Å². The second kappa shape index (κ2) is 5.98. The van der Waals surface area contributed by atoms with E-state index < -0.39 is 5.82 Å². The molecule has 0 saturated heterocycles. The summed E-state index contributed by atoms with van der Waals surface area (Å²) in [5.41, 5.74) is 5.99. The van der Waals surface area contributed by atoms with E-state index in [-0.39, 0.29) is 17.4 Å². The third-order valence-corrected chi connectivity index (χ3v) is 3.76. The van der Waals surface area contributed by atoms with Crippen LogP contribution in [0.2, 0.25) is 0 Å². The lowest BCUT2D eigenvalue weighted by Crippen LogP contribution is -2.16. The molecular formula is C15H20FNO. The Morgan fingerprint density at radius 2 is 1.72 bits per heavy atom. The van der Waals surface area contributed by atoms with Gasteiger partial charge >= 0.3 is 0 Å². The largest absolute Gasteiger partial charge is 0.396 e. The van der Waals surface area contributed by atoms with Crippen LogP contribution in [0.1, 0.15) is 55.3 Å². The molecule has 1 fully saturated rings. The Hall–Kier alpha value is -1.38. The molecule has 0 aromatic heterocycles. The minimum absolute atomic E-state index is 0.0633. The molecule has 2 nitrogen and oxygen atoms in total. The van der Waals surface area contributed by atoms with Crippen molar-refractivity contribution < 1.29 is 9.18 Å². The standard InChI is InChI=1S/C15H20FNO/c16-13-10-12(8-9-14(13)17)15(18)11-6-4-2-1-3-5-7-11/h8-11H,1-7,17H2. The van der Waals surface area contributed by atoms with E-state index in [1.165, 1.54) is 31.4 Å². The van der Waals surface area contributed by atoms with Crippen LogP contribution < -0.4 is 5.73 Å². The molecule has 1 saturated carbocycles. The van der Waals surface area contributed by atoms with Crippen molar-refractivity contribution in [3.8, 4) is 0 Å². The molecular weight excluding hydrogens is 229 g/mol. The summed E-state index contributed by atoms with van der Waals surface area (Å²) in [6, 6.07) is 4.39. The van der Waals surface area contributed by atoms with Gasteiger partial charge in [-0.2, -0.15) is 0 Å². The lowest BCUT2D eigenvalue weighted by Gasteiger charge is -2.18. The van der Waals surface area contributed by atoms with Gasteiger partial charge in [0.2, 0.25) is 0 Å². The first-order chi connectivity index (χ1) is 8.68. The summed E-state index contributed by atoms with van der Waals surface area (Å²) in [5.74, 6) is -0.351. The zero-order valence-corrected chi connectivity index (χ0v) is 10.6. The van der Waals surface area contributed by atoms with Gasteiger partial charge in [-0.1, -0.05) is 32.1 Å². The summed E-state index contributed by atoms with van der Waals surface area (Å²) in [4.78, 5) is 12.3. The molecule has 2 rings (SSSR count). The zero-order chi connectivity index (χ0) is 13.0. The first-order valence-electron chi connectivity index (χ1n) is 6.77. The Labute approximate surface area is 107 Å². The van der Waals surface area contributed by atoms with E-state index in [9.17, 15) is 9.18 Å². The highest BCUT2D eigenvalue weighted by Gasteiger charge is 2.21. The number of hydrogen-bond acceptors (Lipinski definition) is 2. The molecule has 98 valence electrons. The number of Topliss-reactive ketones (excluding diaryl/α,β-unsaturated/α-hetero) is 1. The number of benzene rings is 1. The molecule has 1 aromatic rings. The molecule has 0 aliphatic heterocycles. The van der Waals surface area contributed by atoms with Gasteiger partial charge in [-0.05, 0) is 31.0 Å². The van der Waals surface area contributed by atoms with Crippen molar-refractivity contribution in [1.29, 1.82) is 0 Å². The van der Waals surface area contributed by atoms with Crippen molar-refractivity contribution in [2.45, 2.75) is 44.9 Å². The predicted octanol–water partition coefficient (Wildman–Crippen LogP) is 3.95. The van der Waals surface area contributed by atoms with Crippen LogP contribution in [0.25, 0.3) is 0 Å². The Kier molecular flexibility index (Phi) is 4.34. The highest BCUT2D eigenvalue weighted by molar-refractivity contribution is 5.98. The maximum absolute atomic E-state index is 13.4. The fourth-order valence-electron chi connectivity index (χ4n) is 2.63. The Morgan fingerprint density at radius 1 is 1.11 bits per heavy atom. The third-order valence-electron chi connectivity index (χ3n) is 3.76. The Morgan fingerprint density at radius 3 is 2.33 bits per heavy atom. The van der Waals surface area contributed by atoms with Crippen LogP contribution in [0.5, 0.6) is 0 Å². The summed E-state index contributed by atoms with van der Waals surface area (Å²) in [6.45, 7) is 0. The van der Waals surface area contributed by atoms with Crippen LogP contribution in [-0.2, 0) is 0 Å². The number of nitrogens with two attached hydrogens (primary N) is 1. The molecule has 0 heterocycles. The van der Waals surface area contributed by atoms with Crippen LogP contribution in [0, 0.1) is 11.7 Å². The number of ketones is 1. The van der Waals surface area contributed by atoms with Crippen LogP contribution >= 0.6 is 0 Å². The number of halogens is 1. The van der Waals surface area contributed by atoms with Gasteiger partial charge in [0.25, 0.3) is 0 Å². The highest BCUT2D eigenvalue weighted by atomic mass is 19.1. The van der Waals surface area contributed by atoms with E-state index in [1.54, 1.807) is 6.07 Å². The molecule has 0 radical (unpaired) electrons. The average molecular weight is 249 g/mol. The quantitative estimate of drug-likeness (QED) is 0.637. The molecule has 3 heteroatoms. The van der Waals surface area contributed by atoms with Gasteiger partial charge in [0.05, 0.1) is 5.69 Å². The van der Waals surface area contributed by atoms with Gasteiger partial charge < -0.3 is 5.73 Å². The molecule has 0 unspecified atom stereocenters. The summed E-state index contributed by atoms with van der Waals surface area (Å²) in [7, 11) is 0. The van der Waals surface area contributed by atoms with E-state index in [4.69, 9.17) is 5.73 Å². The molecule has 18 heavy (non-hydrogen) atoms. The van der Waals surface area contributed by atoms with Crippen molar-refractivity contribution >= 4 is 11.5 Å². The Balaban J connectivity index is 2.10. The van der Waals surface area contributed by atoms with E-state index in [1.807, 2.05) is 0 Å². The minimum atomic E-state index is -0.494. The van der Waals surface area contributed by atoms with Crippen LogP contribution in [0.3, 0.4) is 0 Å². The predicted molar refractivity (Wildman–Crippen MR) is 71.0 cm³/mol. The molecule has 1 aromatic carbocycles. The summed E-state index contributed by atoms with van der Waals surface area (Å²) < 4.78 is 13.4. The van der Waals surface area contributed by atoms with Crippen LogP contribution in [0.4, 0.5) is 10.1 Å². The van der Waals surface area contributed by atoms with Crippen molar-refractivity contribution in [3.63, 3.8) is 0 Å². The van der Waals surface area contributed by atoms with Gasteiger partial charge in [-0.25, -0.2) is 4.39 Å². The van der Waals surface area contributed by atoms with Gasteiger partial charge in [0.1, 0.15) is 5.82 Å². The van der Waals surface area contributed by atoms with Crippen LogP contribution in [-0.4, -0.2) is 5.78 Å². The highest BCUT2D eigenvalue weighted by Crippen LogP contribution is 2.26. The monoisotopic (exact) mass is 249 g/mol. The fraction of sp³-hybridized carbons (Fsp3) is 0.533. The number of rotatable bonds is 2. The lowest BCUT2D eigenvalue weighted by atomic mass is 9.85. The van der Waals surface area contributed by atoms with Gasteiger partial charge in [-0.15, -0.1) is 0 Å². The van der Waals surface area contributed by atoms with Gasteiger partial charge in [-0.3, -0.25) is 4.79 Å². The summed E-state index contributed by atoms with van der Waals surface area (Å²) >= 11 is 0.